The van der Waals surface area contributed by atoms with Crippen molar-refractivity contribution in [1.29, 1.82) is 0 Å². The maximum absolute atomic E-state index is 11.8. The zero-order valence-electron chi connectivity index (χ0n) is 12.6. The largest absolute Gasteiger partial charge is 0.469 e. The molecule has 5 nitrogen and oxygen atoms in total. The number of methoxy groups -OCH3 is 1. The highest BCUT2D eigenvalue weighted by atomic mass is 35.5. The number of carbonyl (C=O) groups is 2. The van der Waals surface area contributed by atoms with Crippen LogP contribution >= 0.6 is 12.4 Å². The van der Waals surface area contributed by atoms with Crippen molar-refractivity contribution in [1.82, 2.24) is 5.32 Å². The molecule has 0 radical (unpaired) electrons. The van der Waals surface area contributed by atoms with Gasteiger partial charge in [-0.1, -0.05) is 18.2 Å². The Bertz CT molecular complexity index is 490. The van der Waals surface area contributed by atoms with Crippen molar-refractivity contribution in [3.8, 4) is 0 Å². The van der Waals surface area contributed by atoms with Crippen molar-refractivity contribution in [2.24, 2.45) is 5.41 Å². The molecule has 0 atom stereocenters. The number of nitrogen functional groups attached to an aromatic ring is 1. The molecule has 0 saturated heterocycles. The van der Waals surface area contributed by atoms with Crippen LogP contribution in [0, 0.1) is 5.41 Å². The summed E-state index contributed by atoms with van der Waals surface area (Å²) in [6.45, 7) is 3.71. The number of nitrogens with two attached hydrogens (primary N) is 1. The molecule has 0 bridgehead atoms. The van der Waals surface area contributed by atoms with Crippen molar-refractivity contribution in [2.75, 3.05) is 19.4 Å². The monoisotopic (exact) mass is 314 g/mol. The van der Waals surface area contributed by atoms with E-state index < -0.39 is 5.41 Å². The topological polar surface area (TPSA) is 81.4 Å². The van der Waals surface area contributed by atoms with Gasteiger partial charge in [0, 0.05) is 18.7 Å². The predicted molar refractivity (Wildman–Crippen MR) is 85.2 cm³/mol. The van der Waals surface area contributed by atoms with Gasteiger partial charge in [-0.15, -0.1) is 12.4 Å². The van der Waals surface area contributed by atoms with Crippen LogP contribution in [0.4, 0.5) is 5.69 Å². The molecule has 0 aliphatic carbocycles. The number of hydrogen-bond acceptors (Lipinski definition) is 4. The highest BCUT2D eigenvalue weighted by molar-refractivity contribution is 5.85. The van der Waals surface area contributed by atoms with Gasteiger partial charge < -0.3 is 15.8 Å². The first-order valence-corrected chi connectivity index (χ1v) is 6.55. The molecule has 6 heteroatoms. The standard InChI is InChI=1S/C15H22N2O3.ClH/c1-15(2,14(19)20-3)10-17-13(18)9-8-11-6-4-5-7-12(11)16;/h4-7H,8-10,16H2,1-3H3,(H,17,18);1H. The van der Waals surface area contributed by atoms with Gasteiger partial charge in [0.15, 0.2) is 0 Å². The van der Waals surface area contributed by atoms with E-state index in [-0.39, 0.29) is 30.8 Å². The minimum atomic E-state index is -0.726. The number of anilines is 1. The Balaban J connectivity index is 0.00000400. The van der Waals surface area contributed by atoms with Crippen LogP contribution in [0.3, 0.4) is 0 Å². The lowest BCUT2D eigenvalue weighted by molar-refractivity contribution is -0.150. The Kier molecular flexibility index (Phi) is 7.81. The molecule has 0 unspecified atom stereocenters. The van der Waals surface area contributed by atoms with Crippen LogP contribution in [-0.2, 0) is 20.7 Å². The molecule has 118 valence electrons. The maximum atomic E-state index is 11.8. The molecule has 0 spiro atoms. The van der Waals surface area contributed by atoms with Gasteiger partial charge in [0.1, 0.15) is 0 Å². The van der Waals surface area contributed by atoms with Crippen molar-refractivity contribution < 1.29 is 14.3 Å². The van der Waals surface area contributed by atoms with E-state index in [0.29, 0.717) is 18.5 Å². The molecular weight excluding hydrogens is 292 g/mol. The van der Waals surface area contributed by atoms with Gasteiger partial charge in [-0.25, -0.2) is 0 Å². The summed E-state index contributed by atoms with van der Waals surface area (Å²) in [4.78, 5) is 23.3. The van der Waals surface area contributed by atoms with Crippen LogP contribution in [0.1, 0.15) is 25.8 Å². The van der Waals surface area contributed by atoms with E-state index in [0.717, 1.165) is 5.56 Å². The van der Waals surface area contributed by atoms with E-state index in [4.69, 9.17) is 5.73 Å². The highest BCUT2D eigenvalue weighted by Gasteiger charge is 2.28. The predicted octanol–water partition coefficient (Wildman–Crippen LogP) is 1.94. The number of rotatable bonds is 6. The van der Waals surface area contributed by atoms with Gasteiger partial charge in [-0.2, -0.15) is 0 Å². The lowest BCUT2D eigenvalue weighted by Gasteiger charge is -2.21. The van der Waals surface area contributed by atoms with E-state index >= 15 is 0 Å². The second-order valence-corrected chi connectivity index (χ2v) is 5.35. The van der Waals surface area contributed by atoms with E-state index in [1.807, 2.05) is 24.3 Å². The van der Waals surface area contributed by atoms with Gasteiger partial charge in [-0.3, -0.25) is 9.59 Å². The van der Waals surface area contributed by atoms with Gasteiger partial charge >= 0.3 is 5.97 Å². The van der Waals surface area contributed by atoms with Gasteiger partial charge in [-0.05, 0) is 31.9 Å². The molecule has 1 aromatic rings. The van der Waals surface area contributed by atoms with E-state index in [2.05, 4.69) is 10.1 Å². The van der Waals surface area contributed by atoms with Crippen LogP contribution in [0.25, 0.3) is 0 Å². The van der Waals surface area contributed by atoms with Gasteiger partial charge in [0.2, 0.25) is 5.91 Å². The summed E-state index contributed by atoms with van der Waals surface area (Å²) in [5, 5.41) is 2.75. The molecule has 1 aromatic carbocycles. The minimum Gasteiger partial charge on any atom is -0.469 e. The van der Waals surface area contributed by atoms with E-state index in [1.54, 1.807) is 13.8 Å². The quantitative estimate of drug-likeness (QED) is 0.621. The summed E-state index contributed by atoms with van der Waals surface area (Å²) < 4.78 is 4.69. The summed E-state index contributed by atoms with van der Waals surface area (Å²) in [6, 6.07) is 7.47. The third-order valence-corrected chi connectivity index (χ3v) is 3.14. The van der Waals surface area contributed by atoms with Crippen molar-refractivity contribution in [3.63, 3.8) is 0 Å². The number of para-hydroxylation sites is 1. The van der Waals surface area contributed by atoms with Crippen molar-refractivity contribution in [2.45, 2.75) is 26.7 Å². The first-order chi connectivity index (χ1) is 9.36. The molecule has 21 heavy (non-hydrogen) atoms. The van der Waals surface area contributed by atoms with E-state index in [1.165, 1.54) is 7.11 Å². The number of esters is 1. The summed E-state index contributed by atoms with van der Waals surface area (Å²) in [5.41, 5.74) is 6.73. The molecule has 0 aliphatic rings. The highest BCUT2D eigenvalue weighted by Crippen LogP contribution is 2.16. The Morgan fingerprint density at radius 1 is 1.29 bits per heavy atom. The Morgan fingerprint density at radius 3 is 2.48 bits per heavy atom. The van der Waals surface area contributed by atoms with Crippen LogP contribution < -0.4 is 11.1 Å². The SMILES string of the molecule is COC(=O)C(C)(C)CNC(=O)CCc1ccccc1N.Cl. The molecular formula is C15H23ClN2O3. The van der Waals surface area contributed by atoms with Crippen LogP contribution in [0.15, 0.2) is 24.3 Å². The number of halogens is 1. The first-order valence-electron chi connectivity index (χ1n) is 6.55. The molecule has 1 amide bonds. The molecule has 0 fully saturated rings. The minimum absolute atomic E-state index is 0. The third-order valence-electron chi connectivity index (χ3n) is 3.14. The normalized spacial score (nSPS) is 10.4. The number of benzene rings is 1. The fourth-order valence-corrected chi connectivity index (χ4v) is 1.77. The Labute approximate surface area is 131 Å². The number of hydrogen-bond donors (Lipinski definition) is 2. The number of ether oxygens (including phenoxy) is 1. The summed E-state index contributed by atoms with van der Waals surface area (Å²) in [6.07, 6.45) is 0.919. The molecule has 0 saturated carbocycles. The second kappa shape index (κ2) is 8.52. The Morgan fingerprint density at radius 2 is 1.90 bits per heavy atom. The van der Waals surface area contributed by atoms with Crippen molar-refractivity contribution in [3.05, 3.63) is 29.8 Å². The molecule has 0 aromatic heterocycles. The number of nitrogens with one attached hydrogen (secondary N) is 1. The summed E-state index contributed by atoms with van der Waals surface area (Å²) in [7, 11) is 1.34. The van der Waals surface area contributed by atoms with Crippen LogP contribution in [0.5, 0.6) is 0 Å². The summed E-state index contributed by atoms with van der Waals surface area (Å²) >= 11 is 0. The van der Waals surface area contributed by atoms with Crippen LogP contribution in [-0.4, -0.2) is 25.5 Å². The van der Waals surface area contributed by atoms with Gasteiger partial charge in [0.05, 0.1) is 12.5 Å². The smallest absolute Gasteiger partial charge is 0.313 e. The van der Waals surface area contributed by atoms with Gasteiger partial charge in [0.25, 0.3) is 0 Å². The molecule has 0 heterocycles. The molecule has 1 rings (SSSR count). The number of aryl methyl sites for hydroxylation is 1. The molecule has 0 aliphatic heterocycles. The fourth-order valence-electron chi connectivity index (χ4n) is 1.77. The first kappa shape index (κ1) is 19.2. The summed E-state index contributed by atoms with van der Waals surface area (Å²) in [5.74, 6) is -0.449. The van der Waals surface area contributed by atoms with Crippen molar-refractivity contribution >= 4 is 30.0 Å². The van der Waals surface area contributed by atoms with Crippen LogP contribution in [0.2, 0.25) is 0 Å². The average Bonchev–Trinajstić information content (AvgIpc) is 2.43. The Hall–Kier alpha value is -1.75. The zero-order chi connectivity index (χ0) is 15.2. The second-order valence-electron chi connectivity index (χ2n) is 5.35. The lowest BCUT2D eigenvalue weighted by Crippen LogP contribution is -2.39. The third kappa shape index (κ3) is 6.04. The fraction of sp³-hybridized carbons (Fsp3) is 0.467. The molecule has 3 N–H and O–H groups in total. The number of amides is 1. The average molecular weight is 315 g/mol. The lowest BCUT2D eigenvalue weighted by atomic mass is 9.93. The van der Waals surface area contributed by atoms with E-state index in [9.17, 15) is 9.59 Å². The number of carbonyl (C=O) groups excluding carboxylic acids is 2. The maximum Gasteiger partial charge on any atom is 0.313 e. The zero-order valence-corrected chi connectivity index (χ0v) is 13.5.